The molecule has 2 heteroatoms. The number of nitrogens with zero attached hydrogens (tertiary/aromatic N) is 2. The highest BCUT2D eigenvalue weighted by Crippen LogP contribution is 2.29. The third-order valence-corrected chi connectivity index (χ3v) is 4.31. The maximum atomic E-state index is 4.21. The highest BCUT2D eigenvalue weighted by molar-refractivity contribution is 6.07. The predicted octanol–water partition coefficient (Wildman–Crippen LogP) is 5.09. The normalized spacial score (nSPS) is 11.6. The number of pyridine rings is 2. The average Bonchev–Trinajstić information content (AvgIpc) is 2.56. The number of hydrogen-bond donors (Lipinski definition) is 0. The first-order valence-corrected chi connectivity index (χ1v) is 7.32. The van der Waals surface area contributed by atoms with Gasteiger partial charge >= 0.3 is 0 Å². The van der Waals surface area contributed by atoms with Crippen LogP contribution in [0.25, 0.3) is 43.1 Å². The van der Waals surface area contributed by atoms with Crippen LogP contribution in [0.2, 0.25) is 0 Å². The molecule has 0 aliphatic carbocycles. The molecule has 2 aromatic heterocycles. The topological polar surface area (TPSA) is 25.8 Å². The maximum Gasteiger partial charge on any atom is 0.0346 e. The lowest BCUT2D eigenvalue weighted by Crippen LogP contribution is -1.81. The Kier molecular flexibility index (Phi) is 2.25. The number of hydrogen-bond acceptors (Lipinski definition) is 2. The van der Waals surface area contributed by atoms with E-state index in [1.807, 2.05) is 24.8 Å². The molecule has 0 saturated heterocycles. The number of fused-ring (bicyclic) bond motifs is 4. The fourth-order valence-electron chi connectivity index (χ4n) is 3.18. The molecule has 2 heterocycles. The highest BCUT2D eigenvalue weighted by atomic mass is 14.6. The summed E-state index contributed by atoms with van der Waals surface area (Å²) in [5.41, 5.74) is 0. The van der Waals surface area contributed by atoms with Gasteiger partial charge in [0.2, 0.25) is 0 Å². The quantitative estimate of drug-likeness (QED) is 0.369. The molecule has 0 N–H and O–H groups in total. The molecule has 0 fully saturated rings. The van der Waals surface area contributed by atoms with Gasteiger partial charge in [-0.25, -0.2) is 0 Å². The number of benzene rings is 3. The smallest absolute Gasteiger partial charge is 0.0346 e. The minimum atomic E-state index is 1.18. The van der Waals surface area contributed by atoms with Crippen LogP contribution >= 0.6 is 0 Å². The molecule has 0 saturated carbocycles. The molecule has 22 heavy (non-hydrogen) atoms. The summed E-state index contributed by atoms with van der Waals surface area (Å²) in [4.78, 5) is 8.43. The minimum Gasteiger partial charge on any atom is -0.264 e. The first kappa shape index (κ1) is 11.6. The molecule has 5 rings (SSSR count). The zero-order valence-electron chi connectivity index (χ0n) is 11.8. The van der Waals surface area contributed by atoms with E-state index in [0.717, 1.165) is 0 Å². The summed E-state index contributed by atoms with van der Waals surface area (Å²) in [6, 6.07) is 17.5. The van der Waals surface area contributed by atoms with Crippen LogP contribution in [0.3, 0.4) is 0 Å². The zero-order chi connectivity index (χ0) is 14.5. The van der Waals surface area contributed by atoms with Crippen LogP contribution in [0.4, 0.5) is 0 Å². The second-order valence-electron chi connectivity index (χ2n) is 5.70. The van der Waals surface area contributed by atoms with E-state index in [1.165, 1.54) is 43.1 Å². The second kappa shape index (κ2) is 4.25. The van der Waals surface area contributed by atoms with Crippen LogP contribution in [0.15, 0.2) is 73.3 Å². The molecule has 5 aromatic rings. The van der Waals surface area contributed by atoms with Crippen molar-refractivity contribution in [2.45, 2.75) is 0 Å². The third-order valence-electron chi connectivity index (χ3n) is 4.31. The van der Waals surface area contributed by atoms with E-state index in [9.17, 15) is 0 Å². The van der Waals surface area contributed by atoms with Crippen molar-refractivity contribution in [1.82, 2.24) is 9.97 Å². The largest absolute Gasteiger partial charge is 0.264 e. The van der Waals surface area contributed by atoms with E-state index in [1.54, 1.807) is 0 Å². The highest BCUT2D eigenvalue weighted by Gasteiger charge is 2.03. The van der Waals surface area contributed by atoms with Crippen molar-refractivity contribution >= 4 is 43.1 Å². The van der Waals surface area contributed by atoms with Gasteiger partial charge in [-0.15, -0.1) is 0 Å². The first-order valence-electron chi connectivity index (χ1n) is 7.32. The van der Waals surface area contributed by atoms with E-state index >= 15 is 0 Å². The molecule has 0 spiro atoms. The van der Waals surface area contributed by atoms with E-state index in [2.05, 4.69) is 58.5 Å². The molecule has 0 aliphatic rings. The summed E-state index contributed by atoms with van der Waals surface area (Å²) in [5, 5.41) is 9.83. The summed E-state index contributed by atoms with van der Waals surface area (Å²) in [5.74, 6) is 0. The molecule has 0 atom stereocenters. The zero-order valence-corrected chi connectivity index (χ0v) is 11.8. The number of rotatable bonds is 0. The van der Waals surface area contributed by atoms with Crippen molar-refractivity contribution < 1.29 is 0 Å². The summed E-state index contributed by atoms with van der Waals surface area (Å²) < 4.78 is 0. The van der Waals surface area contributed by atoms with Crippen molar-refractivity contribution in [2.75, 3.05) is 0 Å². The average molecular weight is 280 g/mol. The van der Waals surface area contributed by atoms with E-state index in [-0.39, 0.29) is 0 Å². The van der Waals surface area contributed by atoms with E-state index in [0.29, 0.717) is 0 Å². The molecule has 0 unspecified atom stereocenters. The van der Waals surface area contributed by atoms with Crippen molar-refractivity contribution in [3.63, 3.8) is 0 Å². The molecule has 0 radical (unpaired) electrons. The van der Waals surface area contributed by atoms with Crippen molar-refractivity contribution in [3.05, 3.63) is 73.3 Å². The fraction of sp³-hybridized carbons (Fsp3) is 0. The van der Waals surface area contributed by atoms with Gasteiger partial charge < -0.3 is 0 Å². The van der Waals surface area contributed by atoms with Gasteiger partial charge in [0.25, 0.3) is 0 Å². The van der Waals surface area contributed by atoms with Gasteiger partial charge in [-0.05, 0) is 80.8 Å². The van der Waals surface area contributed by atoms with E-state index < -0.39 is 0 Å². The molecule has 102 valence electrons. The van der Waals surface area contributed by atoms with Crippen molar-refractivity contribution in [2.24, 2.45) is 0 Å². The Morgan fingerprint density at radius 2 is 0.773 bits per heavy atom. The molecule has 0 bridgehead atoms. The van der Waals surface area contributed by atoms with Crippen LogP contribution in [0, 0.1) is 0 Å². The van der Waals surface area contributed by atoms with Gasteiger partial charge in [-0.3, -0.25) is 9.97 Å². The van der Waals surface area contributed by atoms with E-state index in [4.69, 9.17) is 0 Å². The summed E-state index contributed by atoms with van der Waals surface area (Å²) in [6.07, 6.45) is 7.53. The lowest BCUT2D eigenvalue weighted by Gasteiger charge is -2.06. The summed E-state index contributed by atoms with van der Waals surface area (Å²) in [7, 11) is 0. The maximum absolute atomic E-state index is 4.21. The Labute approximate surface area is 127 Å². The molecule has 0 aliphatic heterocycles. The van der Waals surface area contributed by atoms with Gasteiger partial charge in [0.05, 0.1) is 0 Å². The summed E-state index contributed by atoms with van der Waals surface area (Å²) >= 11 is 0. The van der Waals surface area contributed by atoms with Gasteiger partial charge in [0.15, 0.2) is 0 Å². The number of aromatic nitrogens is 2. The second-order valence-corrected chi connectivity index (χ2v) is 5.70. The molecule has 0 amide bonds. The molecular formula is C20H12N2. The molecule has 2 nitrogen and oxygen atoms in total. The van der Waals surface area contributed by atoms with Crippen LogP contribution in [-0.4, -0.2) is 9.97 Å². The van der Waals surface area contributed by atoms with Crippen molar-refractivity contribution in [3.8, 4) is 0 Å². The minimum absolute atomic E-state index is 1.18. The van der Waals surface area contributed by atoms with Gasteiger partial charge in [0.1, 0.15) is 0 Å². The standard InChI is InChI=1S/C20H12N2/c1-3-21-11-19-9-17-8-18-10-20-12-22-4-2-14(20)6-16(18)7-15(17)5-13(1)19/h1-12H. The predicted molar refractivity (Wildman–Crippen MR) is 92.1 cm³/mol. The molecular weight excluding hydrogens is 268 g/mol. The SMILES string of the molecule is c1cc2cc3cc4cc5ccncc5cc4cc3cc2cn1. The van der Waals surface area contributed by atoms with Crippen LogP contribution < -0.4 is 0 Å². The Bertz CT molecular complexity index is 992. The molecule has 3 aromatic carbocycles. The lowest BCUT2D eigenvalue weighted by atomic mass is 9.99. The van der Waals surface area contributed by atoms with Gasteiger partial charge in [-0.2, -0.15) is 0 Å². The fourth-order valence-corrected chi connectivity index (χ4v) is 3.18. The summed E-state index contributed by atoms with van der Waals surface area (Å²) in [6.45, 7) is 0. The Hall–Kier alpha value is -3.00. The third kappa shape index (κ3) is 1.67. The van der Waals surface area contributed by atoms with Crippen molar-refractivity contribution in [1.29, 1.82) is 0 Å². The Morgan fingerprint density at radius 1 is 0.409 bits per heavy atom. The first-order chi connectivity index (χ1) is 10.9. The van der Waals surface area contributed by atoms with Crippen LogP contribution in [0.1, 0.15) is 0 Å². The monoisotopic (exact) mass is 280 g/mol. The Balaban J connectivity index is 1.93. The Morgan fingerprint density at radius 3 is 1.23 bits per heavy atom. The van der Waals surface area contributed by atoms with Crippen LogP contribution in [0.5, 0.6) is 0 Å². The van der Waals surface area contributed by atoms with Gasteiger partial charge in [-0.1, -0.05) is 0 Å². The van der Waals surface area contributed by atoms with Gasteiger partial charge in [0, 0.05) is 35.6 Å². The van der Waals surface area contributed by atoms with Crippen LogP contribution in [-0.2, 0) is 0 Å². The lowest BCUT2D eigenvalue weighted by molar-refractivity contribution is 1.37.